The van der Waals surface area contributed by atoms with E-state index in [2.05, 4.69) is 10.1 Å². The number of aromatic nitrogens is 3. The van der Waals surface area contributed by atoms with Gasteiger partial charge in [0.05, 0.1) is 0 Å². The van der Waals surface area contributed by atoms with Crippen molar-refractivity contribution in [2.45, 2.75) is 24.5 Å². The van der Waals surface area contributed by atoms with Crippen LogP contribution in [0.15, 0.2) is 36.7 Å². The van der Waals surface area contributed by atoms with Crippen LogP contribution in [-0.2, 0) is 12.4 Å². The van der Waals surface area contributed by atoms with Gasteiger partial charge >= 0.3 is 132 Å². The third-order valence-corrected chi connectivity index (χ3v) is 6.83. The first-order valence-corrected chi connectivity index (χ1v) is 9.90. The minimum absolute atomic E-state index is 0.114. The Hall–Kier alpha value is -1.68. The number of aliphatic hydroxyl groups excluding tert-OH is 3. The molecule has 3 rings (SSSR count). The number of ether oxygens (including phenoxy) is 1. The summed E-state index contributed by atoms with van der Waals surface area (Å²) in [7, 11) is 0. The van der Waals surface area contributed by atoms with Gasteiger partial charge in [-0.05, 0) is 0 Å². The monoisotopic (exact) mass is 389 g/mol. The number of benzene rings is 1. The zero-order valence-electron chi connectivity index (χ0n) is 11.8. The molecule has 2 heterocycles. The average molecular weight is 388 g/mol. The van der Waals surface area contributed by atoms with Crippen LogP contribution in [0.1, 0.15) is 6.23 Å². The van der Waals surface area contributed by atoms with E-state index in [0.717, 1.165) is 11.0 Å². The third kappa shape index (κ3) is 2.80. The van der Waals surface area contributed by atoms with E-state index in [4.69, 9.17) is 9.84 Å². The van der Waals surface area contributed by atoms with Gasteiger partial charge in [-0.25, -0.2) is 0 Å². The topological polar surface area (TPSA) is 135 Å². The summed E-state index contributed by atoms with van der Waals surface area (Å²) in [4.78, 5) is 3.78. The molecule has 124 valence electrons. The van der Waals surface area contributed by atoms with Gasteiger partial charge in [0.15, 0.2) is 0 Å². The summed E-state index contributed by atoms with van der Waals surface area (Å²) in [6.45, 7) is -0.483. The van der Waals surface area contributed by atoms with Crippen LogP contribution in [0.2, 0.25) is 0 Å². The van der Waals surface area contributed by atoms with Crippen LogP contribution in [0.25, 0.3) is 0 Å². The fourth-order valence-electron chi connectivity index (χ4n) is 2.31. The van der Waals surface area contributed by atoms with Gasteiger partial charge in [-0.1, -0.05) is 0 Å². The van der Waals surface area contributed by atoms with Gasteiger partial charge in [0.2, 0.25) is 0 Å². The normalized spacial score (nSPS) is 28.1. The molecule has 3 N–H and O–H groups in total. The number of aliphatic hydroxyl groups is 3. The molecule has 2 aromatic rings. The van der Waals surface area contributed by atoms with E-state index in [1.807, 2.05) is 0 Å². The fraction of sp³-hybridized carbons (Fsp3) is 0.385. The molecule has 1 fully saturated rings. The van der Waals surface area contributed by atoms with E-state index in [9.17, 15) is 17.9 Å². The fourth-order valence-corrected chi connectivity index (χ4v) is 4.65. The molecule has 1 aliphatic rings. The second-order valence-electron chi connectivity index (χ2n) is 5.05. The molecule has 0 saturated carbocycles. The second kappa shape index (κ2) is 6.08. The molecular weight excluding hydrogens is 373 g/mol. The molecule has 1 aromatic carbocycles. The summed E-state index contributed by atoms with van der Waals surface area (Å²) in [5.41, 5.74) is 0. The molecule has 0 amide bonds. The molecule has 23 heavy (non-hydrogen) atoms. The van der Waals surface area contributed by atoms with Gasteiger partial charge in [-0.2, -0.15) is 0 Å². The van der Waals surface area contributed by atoms with Crippen LogP contribution in [-0.4, -0.2) is 67.7 Å². The molecule has 1 saturated heterocycles. The molecule has 0 aliphatic carbocycles. The summed E-state index contributed by atoms with van der Waals surface area (Å²) < 4.78 is 31.0. The molecule has 4 atom stereocenters. The van der Waals surface area contributed by atoms with E-state index in [0.29, 0.717) is 0 Å². The summed E-state index contributed by atoms with van der Waals surface area (Å²) in [6, 6.07) is 7.79. The van der Waals surface area contributed by atoms with E-state index in [1.54, 1.807) is 18.2 Å². The van der Waals surface area contributed by atoms with E-state index in [-0.39, 0.29) is 9.18 Å². The maximum absolute atomic E-state index is 12.5. The number of nitrogens with zero attached hydrogens (tertiary/aromatic N) is 3. The van der Waals surface area contributed by atoms with Crippen LogP contribution < -0.4 is 9.18 Å². The Bertz CT molecular complexity index is 778. The Morgan fingerprint density at radius 3 is 2.48 bits per heavy atom. The van der Waals surface area contributed by atoms with Gasteiger partial charge in [0, 0.05) is 0 Å². The van der Waals surface area contributed by atoms with Crippen LogP contribution in [0.3, 0.4) is 0 Å². The van der Waals surface area contributed by atoms with Crippen LogP contribution in [0, 0.1) is 0 Å². The van der Waals surface area contributed by atoms with Crippen molar-refractivity contribution in [3.63, 3.8) is 0 Å². The van der Waals surface area contributed by atoms with Crippen molar-refractivity contribution >= 4 is 21.9 Å². The summed E-state index contributed by atoms with van der Waals surface area (Å²) in [5, 5.41) is 32.6. The third-order valence-electron chi connectivity index (χ3n) is 3.56. The van der Waals surface area contributed by atoms with E-state index in [1.165, 1.54) is 12.1 Å². The van der Waals surface area contributed by atoms with E-state index >= 15 is 0 Å². The Balaban J connectivity index is 1.90. The predicted molar refractivity (Wildman–Crippen MR) is 75.9 cm³/mol. The van der Waals surface area contributed by atoms with Crippen molar-refractivity contribution in [1.29, 1.82) is 0 Å². The number of hydrogen-bond acceptors (Lipinski definition) is 8. The molecule has 0 bridgehead atoms. The van der Waals surface area contributed by atoms with Crippen molar-refractivity contribution in [3.05, 3.63) is 36.7 Å². The maximum atomic E-state index is 12.5. The molecule has 1 aromatic heterocycles. The molecular formula is C13H15N3O6Se. The average Bonchev–Trinajstić information content (AvgIpc) is 3.15. The Morgan fingerprint density at radius 1 is 1.17 bits per heavy atom. The SMILES string of the molecule is O=[Se](=O)(c1ccccc1)c1ncn([C@@H]2O[C@H](CO)[C@@H](O)[C@H]2O)n1. The molecule has 10 heteroatoms. The molecule has 9 nitrogen and oxygen atoms in total. The van der Waals surface area contributed by atoms with Gasteiger partial charge in [0.25, 0.3) is 0 Å². The quantitative estimate of drug-likeness (QED) is 0.482. The summed E-state index contributed by atoms with van der Waals surface area (Å²) >= 11 is -4.75. The molecule has 0 unspecified atom stereocenters. The Labute approximate surface area is 132 Å². The van der Waals surface area contributed by atoms with Crippen molar-refractivity contribution in [2.75, 3.05) is 6.61 Å². The molecule has 0 spiro atoms. The minimum atomic E-state index is -4.75. The molecule has 0 radical (unpaired) electrons. The zero-order chi connectivity index (χ0) is 16.6. The first-order chi connectivity index (χ1) is 10.9. The summed E-state index contributed by atoms with van der Waals surface area (Å²) in [6.07, 6.45) is -3.63. The van der Waals surface area contributed by atoms with Crippen LogP contribution in [0.4, 0.5) is 0 Å². The first-order valence-electron chi connectivity index (χ1n) is 6.79. The Morgan fingerprint density at radius 2 is 1.87 bits per heavy atom. The van der Waals surface area contributed by atoms with E-state index < -0.39 is 43.9 Å². The molecule has 1 aliphatic heterocycles. The Kier molecular flexibility index (Phi) is 4.28. The standard InChI is InChI=1S/C13H15N3O6Se/c17-6-9-10(18)11(19)12(22-9)16-7-14-13(15-16)23(20,21)8-4-2-1-3-5-8/h1-5,7,9-12,17-19H,6H2/t9-,10-,11-,12-/m1/s1. The summed E-state index contributed by atoms with van der Waals surface area (Å²) in [5.74, 6) is 0. The van der Waals surface area contributed by atoms with Crippen molar-refractivity contribution in [3.8, 4) is 0 Å². The number of rotatable bonds is 4. The van der Waals surface area contributed by atoms with Crippen molar-refractivity contribution < 1.29 is 27.7 Å². The van der Waals surface area contributed by atoms with Gasteiger partial charge in [-0.3, -0.25) is 0 Å². The van der Waals surface area contributed by atoms with Crippen LogP contribution >= 0.6 is 0 Å². The van der Waals surface area contributed by atoms with Gasteiger partial charge < -0.3 is 0 Å². The van der Waals surface area contributed by atoms with Crippen molar-refractivity contribution in [2.24, 2.45) is 0 Å². The van der Waals surface area contributed by atoms with Gasteiger partial charge in [0.1, 0.15) is 0 Å². The number of hydrogen-bond donors (Lipinski definition) is 3. The predicted octanol–water partition coefficient (Wildman–Crippen LogP) is -2.69. The van der Waals surface area contributed by atoms with Gasteiger partial charge in [-0.15, -0.1) is 0 Å². The zero-order valence-corrected chi connectivity index (χ0v) is 13.5. The second-order valence-corrected chi connectivity index (χ2v) is 8.92. The van der Waals surface area contributed by atoms with Crippen molar-refractivity contribution in [1.82, 2.24) is 14.8 Å². The van der Waals surface area contributed by atoms with Crippen LogP contribution in [0.5, 0.6) is 0 Å². The first kappa shape index (κ1) is 16.2.